The molecule has 3 N–H and O–H groups in total. The van der Waals surface area contributed by atoms with Crippen molar-refractivity contribution in [1.29, 1.82) is 0 Å². The van der Waals surface area contributed by atoms with Crippen LogP contribution in [0.4, 0.5) is 0 Å². The number of para-hydroxylation sites is 1. The molecule has 220 valence electrons. The summed E-state index contributed by atoms with van der Waals surface area (Å²) < 4.78 is 4.95. The Bertz CT molecular complexity index is 1380. The summed E-state index contributed by atoms with van der Waals surface area (Å²) in [5.41, 5.74) is 4.51. The zero-order valence-corrected chi connectivity index (χ0v) is 24.4. The van der Waals surface area contributed by atoms with Crippen molar-refractivity contribution in [3.05, 3.63) is 47.7 Å². The fourth-order valence-corrected chi connectivity index (χ4v) is 8.88. The Hall–Kier alpha value is -3.13. The van der Waals surface area contributed by atoms with Crippen LogP contribution in [0.25, 0.3) is 10.9 Å². The van der Waals surface area contributed by atoms with E-state index in [1.54, 1.807) is 0 Å². The molecule has 1 amide bonds. The van der Waals surface area contributed by atoms with E-state index in [-0.39, 0.29) is 23.5 Å². The third-order valence-corrected chi connectivity index (χ3v) is 11.2. The number of benzene rings is 1. The largest absolute Gasteiger partial charge is 0.467 e. The number of aliphatic hydroxyl groups excluding tert-OH is 1. The molecule has 1 aromatic heterocycles. The second kappa shape index (κ2) is 10.9. The molecule has 4 aliphatic rings. The lowest BCUT2D eigenvalue weighted by atomic mass is 9.47. The van der Waals surface area contributed by atoms with Gasteiger partial charge in [0.1, 0.15) is 6.04 Å². The van der Waals surface area contributed by atoms with Crippen molar-refractivity contribution in [3.8, 4) is 0 Å². The third-order valence-electron chi connectivity index (χ3n) is 11.2. The number of ether oxygens (including phenoxy) is 1. The smallest absolute Gasteiger partial charge is 0.328 e. The van der Waals surface area contributed by atoms with Gasteiger partial charge in [-0.3, -0.25) is 4.79 Å². The monoisotopic (exact) mass is 561 g/mol. The van der Waals surface area contributed by atoms with E-state index in [9.17, 15) is 14.7 Å². The highest BCUT2D eigenvalue weighted by Gasteiger charge is 2.58. The molecule has 41 heavy (non-hydrogen) atoms. The summed E-state index contributed by atoms with van der Waals surface area (Å²) in [6.07, 6.45) is 12.8. The van der Waals surface area contributed by atoms with Crippen molar-refractivity contribution in [1.82, 2.24) is 10.3 Å². The van der Waals surface area contributed by atoms with E-state index in [2.05, 4.69) is 35.4 Å². The number of carbonyl (C=O) groups excluding carboxylic acids is 2. The molecule has 0 aliphatic heterocycles. The number of fused-ring (bicyclic) bond motifs is 6. The number of methoxy groups -OCH3 is 1. The van der Waals surface area contributed by atoms with Gasteiger partial charge in [0, 0.05) is 23.5 Å². The normalized spacial score (nSPS) is 34.2. The van der Waals surface area contributed by atoms with Crippen molar-refractivity contribution in [2.24, 2.45) is 33.7 Å². The highest BCUT2D eigenvalue weighted by molar-refractivity contribution is 5.96. The highest BCUT2D eigenvalue weighted by Crippen LogP contribution is 2.65. The number of nitrogens with one attached hydrogen (secondary N) is 2. The molecule has 0 unspecified atom stereocenters. The first-order chi connectivity index (χ1) is 19.7. The van der Waals surface area contributed by atoms with Crippen molar-refractivity contribution in [3.63, 3.8) is 0 Å². The van der Waals surface area contributed by atoms with Crippen molar-refractivity contribution in [2.75, 3.05) is 13.7 Å². The first-order valence-corrected chi connectivity index (χ1v) is 15.2. The predicted molar refractivity (Wildman–Crippen MR) is 157 cm³/mol. The summed E-state index contributed by atoms with van der Waals surface area (Å²) in [6.45, 7) is 4.50. The Labute approximate surface area is 241 Å². The minimum Gasteiger partial charge on any atom is -0.467 e. The number of nitrogens with zero attached hydrogens (tertiary/aromatic N) is 1. The van der Waals surface area contributed by atoms with Gasteiger partial charge in [-0.2, -0.15) is 0 Å². The predicted octanol–water partition coefficient (Wildman–Crippen LogP) is 5.06. The molecule has 2 aromatic rings. The number of amides is 1. The standard InChI is InChI=1S/C33H43N3O5/c1-32-14-12-22(17-21(32)8-9-24-25-10-11-29(37)33(25,2)15-13-26(24)32)36-41-19-30(38)35-28(31(39)40-3)16-20-18-34-27-7-5-4-6-23(20)27/h4-7,17-18,24-26,28-29,34,37H,8-16,19H2,1-3H3,(H,35,38)/b36-22+/t24-,25-,26-,28+,29+,32+,33+/m1/s1. The number of esters is 1. The first kappa shape index (κ1) is 28.0. The van der Waals surface area contributed by atoms with Gasteiger partial charge in [-0.25, -0.2) is 4.79 Å². The molecule has 4 aliphatic carbocycles. The Morgan fingerprint density at radius 3 is 2.78 bits per heavy atom. The molecule has 0 bridgehead atoms. The topological polar surface area (TPSA) is 113 Å². The molecule has 3 saturated carbocycles. The Kier molecular flexibility index (Phi) is 7.47. The number of aromatic nitrogens is 1. The zero-order valence-electron chi connectivity index (χ0n) is 24.4. The number of hydrogen-bond donors (Lipinski definition) is 3. The lowest BCUT2D eigenvalue weighted by Crippen LogP contribution is -2.51. The minimum atomic E-state index is -0.825. The summed E-state index contributed by atoms with van der Waals surface area (Å²) in [6, 6.07) is 7.02. The number of H-pyrrole nitrogens is 1. The number of oxime groups is 1. The fourth-order valence-electron chi connectivity index (χ4n) is 8.88. The van der Waals surface area contributed by atoms with E-state index in [0.717, 1.165) is 60.7 Å². The average Bonchev–Trinajstić information content (AvgIpc) is 3.52. The summed E-state index contributed by atoms with van der Waals surface area (Å²) in [7, 11) is 1.32. The maximum atomic E-state index is 12.7. The third kappa shape index (κ3) is 4.98. The molecule has 8 heteroatoms. The van der Waals surface area contributed by atoms with Gasteiger partial charge in [0.05, 0.1) is 18.9 Å². The van der Waals surface area contributed by atoms with Crippen LogP contribution in [0.1, 0.15) is 70.8 Å². The summed E-state index contributed by atoms with van der Waals surface area (Å²) in [5, 5.41) is 18.8. The van der Waals surface area contributed by atoms with Gasteiger partial charge in [0.2, 0.25) is 0 Å². The Balaban J connectivity index is 1.07. The zero-order chi connectivity index (χ0) is 28.8. The molecule has 6 rings (SSSR count). The average molecular weight is 562 g/mol. The molecule has 7 atom stereocenters. The van der Waals surface area contributed by atoms with Gasteiger partial charge in [-0.1, -0.05) is 42.8 Å². The molecular formula is C33H43N3O5. The van der Waals surface area contributed by atoms with Gasteiger partial charge in [-0.15, -0.1) is 0 Å². The van der Waals surface area contributed by atoms with Crippen LogP contribution in [0.15, 0.2) is 47.3 Å². The quantitative estimate of drug-likeness (QED) is 0.323. The van der Waals surface area contributed by atoms with Gasteiger partial charge in [0.25, 0.3) is 5.91 Å². The van der Waals surface area contributed by atoms with E-state index >= 15 is 0 Å². The lowest BCUT2D eigenvalue weighted by Gasteiger charge is -2.57. The van der Waals surface area contributed by atoms with Crippen LogP contribution >= 0.6 is 0 Å². The number of rotatable bonds is 7. The van der Waals surface area contributed by atoms with Gasteiger partial charge >= 0.3 is 5.97 Å². The van der Waals surface area contributed by atoms with E-state index in [1.807, 2.05) is 30.5 Å². The minimum absolute atomic E-state index is 0.0940. The van der Waals surface area contributed by atoms with E-state index < -0.39 is 17.9 Å². The van der Waals surface area contributed by atoms with E-state index in [4.69, 9.17) is 9.57 Å². The second-order valence-corrected chi connectivity index (χ2v) is 13.2. The lowest BCUT2D eigenvalue weighted by molar-refractivity contribution is -0.145. The Morgan fingerprint density at radius 2 is 1.95 bits per heavy atom. The van der Waals surface area contributed by atoms with Crippen LogP contribution in [-0.4, -0.2) is 53.5 Å². The summed E-state index contributed by atoms with van der Waals surface area (Å²) >= 11 is 0. The fraction of sp³-hybridized carbons (Fsp3) is 0.606. The van der Waals surface area contributed by atoms with Crippen molar-refractivity contribution >= 4 is 28.5 Å². The number of carbonyl (C=O) groups is 2. The molecule has 0 saturated heterocycles. The molecule has 0 radical (unpaired) electrons. The van der Waals surface area contributed by atoms with Gasteiger partial charge in [-0.05, 0) is 97.7 Å². The number of aromatic amines is 1. The SMILES string of the molecule is COC(=O)[C@H](Cc1c[nH]c2ccccc12)NC(=O)CO/N=C1/C=C2CC[C@@H]3[C@H]4CC[C@H](O)[C@@]4(C)CC[C@H]3[C@@]2(C)CC1. The highest BCUT2D eigenvalue weighted by atomic mass is 16.6. The van der Waals surface area contributed by atoms with Crippen molar-refractivity contribution in [2.45, 2.75) is 83.8 Å². The molecule has 1 aromatic carbocycles. The maximum Gasteiger partial charge on any atom is 0.328 e. The Morgan fingerprint density at radius 1 is 1.12 bits per heavy atom. The number of allylic oxidation sites excluding steroid dienone is 2. The first-order valence-electron chi connectivity index (χ1n) is 15.2. The molecule has 8 nitrogen and oxygen atoms in total. The van der Waals surface area contributed by atoms with E-state index in [0.29, 0.717) is 24.2 Å². The number of hydrogen-bond acceptors (Lipinski definition) is 6. The summed E-state index contributed by atoms with van der Waals surface area (Å²) in [5.74, 6) is 1.07. The van der Waals surface area contributed by atoms with Crippen LogP contribution in [-0.2, 0) is 25.6 Å². The number of aliphatic hydroxyl groups is 1. The molecule has 1 heterocycles. The maximum absolute atomic E-state index is 12.7. The van der Waals surface area contributed by atoms with Gasteiger partial charge in [0.15, 0.2) is 6.61 Å². The van der Waals surface area contributed by atoms with Crippen LogP contribution in [0.3, 0.4) is 0 Å². The molecule has 0 spiro atoms. The van der Waals surface area contributed by atoms with Crippen LogP contribution in [0.2, 0.25) is 0 Å². The van der Waals surface area contributed by atoms with Crippen LogP contribution in [0, 0.1) is 28.6 Å². The second-order valence-electron chi connectivity index (χ2n) is 13.2. The molecule has 3 fully saturated rings. The van der Waals surface area contributed by atoms with E-state index in [1.165, 1.54) is 25.5 Å². The summed E-state index contributed by atoms with van der Waals surface area (Å²) in [4.78, 5) is 33.9. The molecular weight excluding hydrogens is 518 g/mol. The van der Waals surface area contributed by atoms with Gasteiger partial charge < -0.3 is 25.0 Å². The van der Waals surface area contributed by atoms with Crippen LogP contribution in [0.5, 0.6) is 0 Å². The van der Waals surface area contributed by atoms with Crippen LogP contribution < -0.4 is 5.32 Å². The van der Waals surface area contributed by atoms with Crippen molar-refractivity contribution < 1.29 is 24.3 Å².